The fraction of sp³-hybridized carbons (Fsp3) is 0.429. The van der Waals surface area contributed by atoms with Gasteiger partial charge in [0.2, 0.25) is 10.0 Å². The average Bonchev–Trinajstić information content (AvgIpc) is 3.07. The van der Waals surface area contributed by atoms with E-state index in [1.54, 1.807) is 13.8 Å². The van der Waals surface area contributed by atoms with Gasteiger partial charge in [-0.3, -0.25) is 4.79 Å². The lowest BCUT2D eigenvalue weighted by atomic mass is 10.0. The second kappa shape index (κ2) is 9.72. The average molecular weight is 453 g/mol. The van der Waals surface area contributed by atoms with Gasteiger partial charge in [0.25, 0.3) is 5.91 Å². The van der Waals surface area contributed by atoms with E-state index in [1.807, 2.05) is 19.2 Å². The van der Waals surface area contributed by atoms with Crippen molar-refractivity contribution in [3.05, 3.63) is 46.3 Å². The number of hydrogen-bond donors (Lipinski definition) is 1. The SMILES string of the molecule is COC(=O)c1c(CC(C)C)csc1NC(=O)c1ccc(S(=O)(=O)N(C)C(C)C)cc1. The Labute approximate surface area is 182 Å². The minimum atomic E-state index is -3.63. The molecular weight excluding hydrogens is 424 g/mol. The molecule has 1 heterocycles. The zero-order chi connectivity index (χ0) is 22.6. The van der Waals surface area contributed by atoms with Crippen molar-refractivity contribution >= 4 is 38.2 Å². The Morgan fingerprint density at radius 2 is 1.73 bits per heavy atom. The molecule has 1 aromatic carbocycles. The Morgan fingerprint density at radius 3 is 2.23 bits per heavy atom. The van der Waals surface area contributed by atoms with Gasteiger partial charge in [0, 0.05) is 18.7 Å². The summed E-state index contributed by atoms with van der Waals surface area (Å²) in [5.74, 6) is -0.593. The molecule has 1 aromatic heterocycles. The Hall–Kier alpha value is -2.23. The maximum absolute atomic E-state index is 12.7. The van der Waals surface area contributed by atoms with E-state index in [2.05, 4.69) is 5.32 Å². The fourth-order valence-electron chi connectivity index (χ4n) is 2.80. The van der Waals surface area contributed by atoms with Crippen LogP contribution in [-0.2, 0) is 21.2 Å². The van der Waals surface area contributed by atoms with Crippen molar-refractivity contribution in [1.82, 2.24) is 4.31 Å². The van der Waals surface area contributed by atoms with Crippen LogP contribution < -0.4 is 5.32 Å². The number of nitrogens with zero attached hydrogens (tertiary/aromatic N) is 1. The van der Waals surface area contributed by atoms with Crippen LogP contribution in [0.5, 0.6) is 0 Å². The highest BCUT2D eigenvalue weighted by Crippen LogP contribution is 2.31. The maximum Gasteiger partial charge on any atom is 0.341 e. The number of benzene rings is 1. The molecule has 7 nitrogen and oxygen atoms in total. The van der Waals surface area contributed by atoms with E-state index < -0.39 is 21.9 Å². The third-order valence-electron chi connectivity index (χ3n) is 4.63. The molecule has 0 aliphatic rings. The van der Waals surface area contributed by atoms with Crippen LogP contribution in [0.1, 0.15) is 54.0 Å². The number of hydrogen-bond acceptors (Lipinski definition) is 6. The molecule has 30 heavy (non-hydrogen) atoms. The van der Waals surface area contributed by atoms with Gasteiger partial charge in [-0.2, -0.15) is 4.31 Å². The summed E-state index contributed by atoms with van der Waals surface area (Å²) in [6.45, 7) is 7.66. The summed E-state index contributed by atoms with van der Waals surface area (Å²) < 4.78 is 31.3. The van der Waals surface area contributed by atoms with Crippen molar-refractivity contribution in [2.24, 2.45) is 5.92 Å². The lowest BCUT2D eigenvalue weighted by molar-refractivity contribution is 0.0601. The minimum absolute atomic E-state index is 0.112. The molecule has 9 heteroatoms. The first kappa shape index (κ1) is 24.0. The number of anilines is 1. The van der Waals surface area contributed by atoms with Gasteiger partial charge < -0.3 is 10.1 Å². The smallest absolute Gasteiger partial charge is 0.341 e. The van der Waals surface area contributed by atoms with Gasteiger partial charge in [0.15, 0.2) is 0 Å². The van der Waals surface area contributed by atoms with Gasteiger partial charge in [-0.15, -0.1) is 11.3 Å². The highest BCUT2D eigenvalue weighted by molar-refractivity contribution is 7.89. The van der Waals surface area contributed by atoms with E-state index in [9.17, 15) is 18.0 Å². The standard InChI is InChI=1S/C21H28N2O5S2/c1-13(2)11-16-12-29-20(18(16)21(25)28-6)22-19(24)15-7-9-17(10-8-15)30(26,27)23(5)14(3)4/h7-10,12-14H,11H2,1-6H3,(H,22,24). The van der Waals surface area contributed by atoms with Crippen LogP contribution in [-0.4, -0.2) is 44.8 Å². The second-order valence-electron chi connectivity index (χ2n) is 7.65. The van der Waals surface area contributed by atoms with Gasteiger partial charge in [-0.1, -0.05) is 13.8 Å². The quantitative estimate of drug-likeness (QED) is 0.611. The van der Waals surface area contributed by atoms with Gasteiger partial charge in [-0.25, -0.2) is 13.2 Å². The number of ether oxygens (including phenoxy) is 1. The predicted molar refractivity (Wildman–Crippen MR) is 119 cm³/mol. The lowest BCUT2D eigenvalue weighted by Gasteiger charge is -2.21. The molecule has 0 atom stereocenters. The summed E-state index contributed by atoms with van der Waals surface area (Å²) in [6.07, 6.45) is 0.687. The van der Waals surface area contributed by atoms with Crippen molar-refractivity contribution in [3.8, 4) is 0 Å². The van der Waals surface area contributed by atoms with Gasteiger partial charge >= 0.3 is 5.97 Å². The molecule has 0 unspecified atom stereocenters. The van der Waals surface area contributed by atoms with E-state index in [0.29, 0.717) is 22.9 Å². The topological polar surface area (TPSA) is 92.8 Å². The Kier molecular flexibility index (Phi) is 7.79. The molecule has 2 rings (SSSR count). The summed E-state index contributed by atoms with van der Waals surface area (Å²) in [4.78, 5) is 25.1. The largest absolute Gasteiger partial charge is 0.465 e. The Balaban J connectivity index is 2.27. The lowest BCUT2D eigenvalue weighted by Crippen LogP contribution is -2.33. The molecule has 0 saturated carbocycles. The summed E-state index contributed by atoms with van der Waals surface area (Å²) in [6, 6.07) is 5.54. The first-order chi connectivity index (χ1) is 14.0. The molecule has 0 saturated heterocycles. The summed E-state index contributed by atoms with van der Waals surface area (Å²) >= 11 is 1.26. The monoisotopic (exact) mass is 452 g/mol. The van der Waals surface area contributed by atoms with Crippen LogP contribution in [0.15, 0.2) is 34.5 Å². The summed E-state index contributed by atoms with van der Waals surface area (Å²) in [7, 11) is -0.809. The highest BCUT2D eigenvalue weighted by Gasteiger charge is 2.24. The third-order valence-corrected chi connectivity index (χ3v) is 7.62. The molecule has 0 spiro atoms. The number of sulfonamides is 1. The van der Waals surface area contributed by atoms with Crippen LogP contribution >= 0.6 is 11.3 Å². The number of amides is 1. The van der Waals surface area contributed by atoms with Crippen LogP contribution in [0.25, 0.3) is 0 Å². The van der Waals surface area contributed by atoms with E-state index in [0.717, 1.165) is 5.56 Å². The molecule has 2 aromatic rings. The Morgan fingerprint density at radius 1 is 1.13 bits per heavy atom. The van der Waals surface area contributed by atoms with Gasteiger partial charge in [0.1, 0.15) is 5.00 Å². The zero-order valence-corrected chi connectivity index (χ0v) is 19.7. The van der Waals surface area contributed by atoms with E-state index in [1.165, 1.54) is 54.1 Å². The van der Waals surface area contributed by atoms with Crippen LogP contribution in [0, 0.1) is 5.92 Å². The van der Waals surface area contributed by atoms with Crippen molar-refractivity contribution in [2.75, 3.05) is 19.5 Å². The number of rotatable bonds is 8. The number of methoxy groups -OCH3 is 1. The first-order valence-corrected chi connectivity index (χ1v) is 11.9. The zero-order valence-electron chi connectivity index (χ0n) is 18.1. The normalized spacial score (nSPS) is 11.9. The van der Waals surface area contributed by atoms with Crippen molar-refractivity contribution in [3.63, 3.8) is 0 Å². The molecule has 1 amide bonds. The molecule has 0 radical (unpaired) electrons. The number of thiophene rings is 1. The number of esters is 1. The van der Waals surface area contributed by atoms with Crippen LogP contribution in [0.4, 0.5) is 5.00 Å². The van der Waals surface area contributed by atoms with E-state index >= 15 is 0 Å². The van der Waals surface area contributed by atoms with Gasteiger partial charge in [0.05, 0.1) is 17.6 Å². The molecule has 164 valence electrons. The molecular formula is C21H28N2O5S2. The maximum atomic E-state index is 12.7. The Bertz CT molecular complexity index is 1010. The molecule has 0 aliphatic carbocycles. The van der Waals surface area contributed by atoms with E-state index in [-0.39, 0.29) is 16.5 Å². The minimum Gasteiger partial charge on any atom is -0.465 e. The number of nitrogens with one attached hydrogen (secondary N) is 1. The summed E-state index contributed by atoms with van der Waals surface area (Å²) in [5.41, 5.74) is 1.48. The molecule has 0 aliphatic heterocycles. The summed E-state index contributed by atoms with van der Waals surface area (Å²) in [5, 5.41) is 5.02. The predicted octanol–water partition coefficient (Wildman–Crippen LogP) is 4.01. The first-order valence-electron chi connectivity index (χ1n) is 9.57. The van der Waals surface area contributed by atoms with Crippen molar-refractivity contribution in [2.45, 2.75) is 45.1 Å². The van der Waals surface area contributed by atoms with Gasteiger partial charge in [-0.05, 0) is 61.4 Å². The second-order valence-corrected chi connectivity index (χ2v) is 10.5. The third kappa shape index (κ3) is 5.27. The van der Waals surface area contributed by atoms with Crippen LogP contribution in [0.3, 0.4) is 0 Å². The highest BCUT2D eigenvalue weighted by atomic mass is 32.2. The molecule has 0 fully saturated rings. The van der Waals surface area contributed by atoms with Crippen molar-refractivity contribution in [1.29, 1.82) is 0 Å². The van der Waals surface area contributed by atoms with Crippen molar-refractivity contribution < 1.29 is 22.7 Å². The molecule has 1 N–H and O–H groups in total. The number of carbonyl (C=O) groups is 2. The molecule has 0 bridgehead atoms. The number of carbonyl (C=O) groups excluding carboxylic acids is 2. The fourth-order valence-corrected chi connectivity index (χ4v) is 5.12. The van der Waals surface area contributed by atoms with E-state index in [4.69, 9.17) is 4.74 Å². The van der Waals surface area contributed by atoms with Crippen LogP contribution in [0.2, 0.25) is 0 Å².